The average molecular weight is 392 g/mol. The third kappa shape index (κ3) is 2.20. The van der Waals surface area contributed by atoms with Crippen LogP contribution in [0.2, 0.25) is 0 Å². The van der Waals surface area contributed by atoms with E-state index in [4.69, 9.17) is 0 Å². The number of amides is 1. The van der Waals surface area contributed by atoms with E-state index in [1.165, 1.54) is 4.31 Å². The van der Waals surface area contributed by atoms with Crippen molar-refractivity contribution >= 4 is 31.9 Å². The predicted octanol–water partition coefficient (Wildman–Crippen LogP) is 3.31. The minimum atomic E-state index is -3.43. The van der Waals surface area contributed by atoms with Gasteiger partial charge in [0, 0.05) is 17.2 Å². The zero-order chi connectivity index (χ0) is 16.2. The van der Waals surface area contributed by atoms with Crippen molar-refractivity contribution in [3.63, 3.8) is 0 Å². The summed E-state index contributed by atoms with van der Waals surface area (Å²) in [7, 11) is -3.43. The van der Waals surface area contributed by atoms with Crippen LogP contribution in [0.4, 0.5) is 0 Å². The molecule has 1 aliphatic heterocycles. The third-order valence-electron chi connectivity index (χ3n) is 6.68. The number of fused-ring (bicyclic) bond motifs is 1. The summed E-state index contributed by atoms with van der Waals surface area (Å²) in [6, 6.07) is -0.0741. The van der Waals surface area contributed by atoms with Crippen LogP contribution in [0.15, 0.2) is 0 Å². The second-order valence-corrected chi connectivity index (χ2v) is 10.4. The molecule has 2 bridgehead atoms. The average Bonchev–Trinajstić information content (AvgIpc) is 2.90. The number of hydrogen-bond donors (Lipinski definition) is 0. The Kier molecular flexibility index (Phi) is 4.16. The Hall–Kier alpha value is -0.100. The molecule has 0 radical (unpaired) electrons. The molecular weight excluding hydrogens is 366 g/mol. The van der Waals surface area contributed by atoms with Crippen molar-refractivity contribution < 1.29 is 13.2 Å². The van der Waals surface area contributed by atoms with Gasteiger partial charge in [0.1, 0.15) is 0 Å². The molecule has 1 amide bonds. The molecule has 3 atom stereocenters. The molecule has 126 valence electrons. The first kappa shape index (κ1) is 16.7. The Morgan fingerprint density at radius 2 is 2.00 bits per heavy atom. The van der Waals surface area contributed by atoms with E-state index in [0.717, 1.165) is 43.9 Å². The smallest absolute Gasteiger partial charge is 0.238 e. The number of halogens is 1. The standard InChI is InChI=1S/C16H26BrNO3S/c1-15(2)12-7-8-16(15)11-22(20,21)18(13(16)10-12)14(19)6-4-3-5-9-17/h12-13H,3-11H2,1-2H3/t12-,13-,16-/m0/s1. The summed E-state index contributed by atoms with van der Waals surface area (Å²) in [6.07, 6.45) is 6.10. The highest BCUT2D eigenvalue weighted by molar-refractivity contribution is 9.09. The summed E-state index contributed by atoms with van der Waals surface area (Å²) in [5.41, 5.74) is -0.155. The quantitative estimate of drug-likeness (QED) is 0.533. The second kappa shape index (κ2) is 5.47. The lowest BCUT2D eigenvalue weighted by Gasteiger charge is -2.37. The molecule has 3 rings (SSSR count). The Labute approximate surface area is 142 Å². The van der Waals surface area contributed by atoms with Crippen LogP contribution in [0.1, 0.15) is 58.8 Å². The van der Waals surface area contributed by atoms with Gasteiger partial charge in [0.15, 0.2) is 0 Å². The van der Waals surface area contributed by atoms with Crippen LogP contribution in [0, 0.1) is 16.7 Å². The lowest BCUT2D eigenvalue weighted by molar-refractivity contribution is -0.129. The molecule has 3 aliphatic rings. The van der Waals surface area contributed by atoms with Crippen molar-refractivity contribution in [1.29, 1.82) is 0 Å². The minimum Gasteiger partial charge on any atom is -0.274 e. The summed E-state index contributed by atoms with van der Waals surface area (Å²) in [6.45, 7) is 4.42. The van der Waals surface area contributed by atoms with Crippen LogP contribution in [0.3, 0.4) is 0 Å². The molecule has 6 heteroatoms. The van der Waals surface area contributed by atoms with E-state index in [0.29, 0.717) is 12.3 Å². The van der Waals surface area contributed by atoms with Gasteiger partial charge in [-0.2, -0.15) is 0 Å². The lowest BCUT2D eigenvalue weighted by Crippen LogP contribution is -2.44. The monoisotopic (exact) mass is 391 g/mol. The Balaban J connectivity index is 1.80. The van der Waals surface area contributed by atoms with Gasteiger partial charge >= 0.3 is 0 Å². The fraction of sp³-hybridized carbons (Fsp3) is 0.938. The number of hydrogen-bond acceptors (Lipinski definition) is 3. The molecule has 1 spiro atoms. The number of nitrogens with zero attached hydrogens (tertiary/aromatic N) is 1. The van der Waals surface area contributed by atoms with Gasteiger partial charge in [-0.05, 0) is 43.4 Å². The molecule has 0 unspecified atom stereocenters. The molecule has 0 aromatic carbocycles. The van der Waals surface area contributed by atoms with E-state index in [-0.39, 0.29) is 28.5 Å². The van der Waals surface area contributed by atoms with Crippen LogP contribution in [-0.4, -0.2) is 35.8 Å². The van der Waals surface area contributed by atoms with E-state index in [9.17, 15) is 13.2 Å². The molecule has 22 heavy (non-hydrogen) atoms. The van der Waals surface area contributed by atoms with Gasteiger partial charge < -0.3 is 0 Å². The van der Waals surface area contributed by atoms with E-state index >= 15 is 0 Å². The van der Waals surface area contributed by atoms with E-state index in [1.54, 1.807) is 0 Å². The van der Waals surface area contributed by atoms with Crippen LogP contribution >= 0.6 is 15.9 Å². The van der Waals surface area contributed by atoms with Crippen LogP contribution in [0.5, 0.6) is 0 Å². The molecule has 4 nitrogen and oxygen atoms in total. The van der Waals surface area contributed by atoms with Crippen molar-refractivity contribution in [3.8, 4) is 0 Å². The molecule has 1 saturated heterocycles. The first-order valence-electron chi connectivity index (χ1n) is 8.37. The topological polar surface area (TPSA) is 54.5 Å². The molecule has 2 saturated carbocycles. The molecule has 1 heterocycles. The van der Waals surface area contributed by atoms with Gasteiger partial charge in [0.25, 0.3) is 0 Å². The van der Waals surface area contributed by atoms with Gasteiger partial charge in [-0.3, -0.25) is 4.79 Å². The summed E-state index contributed by atoms with van der Waals surface area (Å²) >= 11 is 3.38. The van der Waals surface area contributed by atoms with Crippen LogP contribution < -0.4 is 0 Å². The van der Waals surface area contributed by atoms with Crippen molar-refractivity contribution in [2.24, 2.45) is 16.7 Å². The largest absolute Gasteiger partial charge is 0.274 e. The number of unbranched alkanes of at least 4 members (excludes halogenated alkanes) is 2. The predicted molar refractivity (Wildman–Crippen MR) is 90.2 cm³/mol. The summed E-state index contributed by atoms with van der Waals surface area (Å²) in [5.74, 6) is 0.581. The molecular formula is C16H26BrNO3S. The zero-order valence-corrected chi connectivity index (χ0v) is 15.9. The summed E-state index contributed by atoms with van der Waals surface area (Å²) in [5, 5.41) is 0.935. The maximum absolute atomic E-state index is 12.7. The molecule has 0 N–H and O–H groups in total. The summed E-state index contributed by atoms with van der Waals surface area (Å²) < 4.78 is 26.7. The number of carbonyl (C=O) groups is 1. The van der Waals surface area contributed by atoms with Gasteiger partial charge in [0.2, 0.25) is 15.9 Å². The maximum atomic E-state index is 12.7. The molecule has 0 aromatic heterocycles. The van der Waals surface area contributed by atoms with E-state index < -0.39 is 10.0 Å². The Morgan fingerprint density at radius 1 is 1.27 bits per heavy atom. The zero-order valence-electron chi connectivity index (χ0n) is 13.5. The van der Waals surface area contributed by atoms with Crippen molar-refractivity contribution in [1.82, 2.24) is 4.31 Å². The first-order chi connectivity index (χ1) is 10.3. The fourth-order valence-electron chi connectivity index (χ4n) is 5.28. The van der Waals surface area contributed by atoms with Crippen molar-refractivity contribution in [2.45, 2.75) is 64.8 Å². The molecule has 0 aromatic rings. The fourth-order valence-corrected chi connectivity index (χ4v) is 8.25. The minimum absolute atomic E-state index is 0.0374. The summed E-state index contributed by atoms with van der Waals surface area (Å²) in [4.78, 5) is 12.6. The normalized spacial score (nSPS) is 37.5. The SMILES string of the molecule is CC1(C)[C@H]2CC[C@@]13CS(=O)(=O)N(C(=O)CCCCCBr)[C@H]3C2. The maximum Gasteiger partial charge on any atom is 0.238 e. The van der Waals surface area contributed by atoms with Gasteiger partial charge in [-0.1, -0.05) is 36.2 Å². The van der Waals surface area contributed by atoms with Gasteiger partial charge in [-0.25, -0.2) is 12.7 Å². The van der Waals surface area contributed by atoms with Crippen molar-refractivity contribution in [3.05, 3.63) is 0 Å². The first-order valence-corrected chi connectivity index (χ1v) is 11.1. The number of rotatable bonds is 5. The molecule has 3 fully saturated rings. The van der Waals surface area contributed by atoms with Crippen LogP contribution in [0.25, 0.3) is 0 Å². The number of sulfonamides is 1. The molecule has 2 aliphatic carbocycles. The number of alkyl halides is 1. The van der Waals surface area contributed by atoms with Crippen LogP contribution in [-0.2, 0) is 14.8 Å². The second-order valence-electron chi connectivity index (χ2n) is 7.81. The van der Waals surface area contributed by atoms with Crippen molar-refractivity contribution in [2.75, 3.05) is 11.1 Å². The highest BCUT2D eigenvalue weighted by Crippen LogP contribution is 2.69. The Bertz CT molecular complexity index is 574. The highest BCUT2D eigenvalue weighted by atomic mass is 79.9. The highest BCUT2D eigenvalue weighted by Gasteiger charge is 2.72. The Morgan fingerprint density at radius 3 is 2.64 bits per heavy atom. The van der Waals surface area contributed by atoms with Gasteiger partial charge in [-0.15, -0.1) is 0 Å². The van der Waals surface area contributed by atoms with E-state index in [2.05, 4.69) is 29.8 Å². The lowest BCUT2D eigenvalue weighted by atomic mass is 9.69. The van der Waals surface area contributed by atoms with Gasteiger partial charge in [0.05, 0.1) is 11.8 Å². The number of carbonyl (C=O) groups excluding carboxylic acids is 1. The third-order valence-corrected chi connectivity index (χ3v) is 9.18. The van der Waals surface area contributed by atoms with E-state index in [1.807, 2.05) is 0 Å².